The molecule has 0 aliphatic heterocycles. The van der Waals surface area contributed by atoms with Crippen molar-refractivity contribution >= 4 is 34.5 Å². The van der Waals surface area contributed by atoms with Gasteiger partial charge in [0.2, 0.25) is 11.8 Å². The molecule has 0 spiro atoms. The van der Waals surface area contributed by atoms with Gasteiger partial charge in [-0.25, -0.2) is 14.4 Å². The third kappa shape index (κ3) is 4.16. The fraction of sp³-hybridized carbons (Fsp3) is 0.0625. The van der Waals surface area contributed by atoms with Gasteiger partial charge in [0.05, 0.1) is 17.8 Å². The summed E-state index contributed by atoms with van der Waals surface area (Å²) in [5.41, 5.74) is 0.872. The molecule has 0 saturated heterocycles. The van der Waals surface area contributed by atoms with Crippen molar-refractivity contribution in [1.82, 2.24) is 20.2 Å². The van der Waals surface area contributed by atoms with E-state index in [0.717, 1.165) is 12.1 Å². The average Bonchev–Trinajstić information content (AvgIpc) is 3.29. The average molecular weight is 372 g/mol. The molecule has 0 aliphatic rings. The SMILES string of the molecule is C=CC(=O)Nc1cc(NC(=O)Cc2csc(-c3ncn[nH]3)n2)ccc1F. The van der Waals surface area contributed by atoms with Crippen molar-refractivity contribution in [2.75, 3.05) is 10.6 Å². The van der Waals surface area contributed by atoms with E-state index in [1.807, 2.05) is 0 Å². The van der Waals surface area contributed by atoms with Crippen LogP contribution in [0.5, 0.6) is 0 Å². The lowest BCUT2D eigenvalue weighted by Gasteiger charge is -2.08. The van der Waals surface area contributed by atoms with Crippen LogP contribution in [-0.2, 0) is 16.0 Å². The predicted octanol–water partition coefficient (Wildman–Crippen LogP) is 2.37. The summed E-state index contributed by atoms with van der Waals surface area (Å²) in [5.74, 6) is -0.959. The molecule has 3 N–H and O–H groups in total. The lowest BCUT2D eigenvalue weighted by Crippen LogP contribution is -2.15. The van der Waals surface area contributed by atoms with E-state index >= 15 is 0 Å². The van der Waals surface area contributed by atoms with Crippen molar-refractivity contribution in [2.45, 2.75) is 6.42 Å². The number of hydrogen-bond acceptors (Lipinski definition) is 6. The van der Waals surface area contributed by atoms with Crippen LogP contribution < -0.4 is 10.6 Å². The zero-order valence-corrected chi connectivity index (χ0v) is 14.1. The van der Waals surface area contributed by atoms with E-state index in [1.54, 1.807) is 5.38 Å². The molecule has 132 valence electrons. The molecule has 8 nitrogen and oxygen atoms in total. The number of aromatic nitrogens is 4. The van der Waals surface area contributed by atoms with E-state index in [1.165, 1.54) is 29.8 Å². The van der Waals surface area contributed by atoms with Gasteiger partial charge in [0.25, 0.3) is 0 Å². The molecule has 0 unspecified atom stereocenters. The molecule has 0 saturated carbocycles. The Labute approximate surface area is 151 Å². The first-order chi connectivity index (χ1) is 12.5. The summed E-state index contributed by atoms with van der Waals surface area (Å²) in [6.07, 6.45) is 2.44. The molecular weight excluding hydrogens is 359 g/mol. The molecule has 26 heavy (non-hydrogen) atoms. The molecule has 3 aromatic rings. The van der Waals surface area contributed by atoms with Crippen LogP contribution in [0.1, 0.15) is 5.69 Å². The minimum Gasteiger partial charge on any atom is -0.326 e. The fourth-order valence-electron chi connectivity index (χ4n) is 2.06. The van der Waals surface area contributed by atoms with Crippen LogP contribution in [0.3, 0.4) is 0 Å². The van der Waals surface area contributed by atoms with E-state index in [2.05, 4.69) is 37.4 Å². The molecule has 0 radical (unpaired) electrons. The molecule has 1 aromatic carbocycles. The molecule has 10 heteroatoms. The lowest BCUT2D eigenvalue weighted by molar-refractivity contribution is -0.115. The van der Waals surface area contributed by atoms with E-state index in [0.29, 0.717) is 22.2 Å². The number of thiazole rings is 1. The smallest absolute Gasteiger partial charge is 0.247 e. The van der Waals surface area contributed by atoms with Gasteiger partial charge in [-0.15, -0.1) is 11.3 Å². The fourth-order valence-corrected chi connectivity index (χ4v) is 2.82. The summed E-state index contributed by atoms with van der Waals surface area (Å²) in [6.45, 7) is 3.30. The highest BCUT2D eigenvalue weighted by atomic mass is 32.1. The number of carbonyl (C=O) groups is 2. The Bertz CT molecular complexity index is 954. The summed E-state index contributed by atoms with van der Waals surface area (Å²) in [6, 6.07) is 3.88. The highest BCUT2D eigenvalue weighted by Gasteiger charge is 2.12. The van der Waals surface area contributed by atoms with Crippen molar-refractivity contribution in [3.8, 4) is 10.8 Å². The number of hydrogen-bond donors (Lipinski definition) is 3. The second kappa shape index (κ2) is 7.66. The second-order valence-corrected chi connectivity index (χ2v) is 5.95. The largest absolute Gasteiger partial charge is 0.326 e. The van der Waals surface area contributed by atoms with Gasteiger partial charge in [0, 0.05) is 11.1 Å². The summed E-state index contributed by atoms with van der Waals surface area (Å²) in [5, 5.41) is 13.8. The van der Waals surface area contributed by atoms with Crippen LogP contribution in [0, 0.1) is 5.82 Å². The Balaban J connectivity index is 1.65. The van der Waals surface area contributed by atoms with Crippen molar-refractivity contribution < 1.29 is 14.0 Å². The standard InChI is InChI=1S/C16H13FN6O2S/c1-2-13(24)22-12-5-9(3-4-11(12)17)20-14(25)6-10-7-26-16(21-10)15-18-8-19-23-15/h2-5,7-8H,1,6H2,(H,20,25)(H,22,24)(H,18,19,23). The Kier molecular flexibility index (Phi) is 5.13. The van der Waals surface area contributed by atoms with Crippen molar-refractivity contribution in [1.29, 1.82) is 0 Å². The summed E-state index contributed by atoms with van der Waals surface area (Å²) in [7, 11) is 0. The van der Waals surface area contributed by atoms with Gasteiger partial charge in [0.15, 0.2) is 10.8 Å². The zero-order chi connectivity index (χ0) is 18.5. The second-order valence-electron chi connectivity index (χ2n) is 5.09. The number of aromatic amines is 1. The number of carbonyl (C=O) groups excluding carboxylic acids is 2. The summed E-state index contributed by atoms with van der Waals surface area (Å²) >= 11 is 1.34. The van der Waals surface area contributed by atoms with Gasteiger partial charge in [-0.1, -0.05) is 6.58 Å². The Morgan fingerprint density at radius 1 is 1.35 bits per heavy atom. The number of nitrogens with zero attached hydrogens (tertiary/aromatic N) is 3. The molecular formula is C16H13FN6O2S. The van der Waals surface area contributed by atoms with Gasteiger partial charge in [-0.05, 0) is 24.3 Å². The molecule has 0 atom stereocenters. The number of rotatable bonds is 6. The number of H-pyrrole nitrogens is 1. The number of amides is 2. The minimum atomic E-state index is -0.616. The first-order valence-corrected chi connectivity index (χ1v) is 8.26. The molecule has 0 bridgehead atoms. The highest BCUT2D eigenvalue weighted by molar-refractivity contribution is 7.13. The summed E-state index contributed by atoms with van der Waals surface area (Å²) in [4.78, 5) is 31.8. The van der Waals surface area contributed by atoms with Gasteiger partial charge >= 0.3 is 0 Å². The topological polar surface area (TPSA) is 113 Å². The third-order valence-corrected chi connectivity index (χ3v) is 4.10. The number of anilines is 2. The van der Waals surface area contributed by atoms with Gasteiger partial charge < -0.3 is 10.6 Å². The van der Waals surface area contributed by atoms with Crippen LogP contribution in [0.15, 0.2) is 42.6 Å². The highest BCUT2D eigenvalue weighted by Crippen LogP contribution is 2.21. The van der Waals surface area contributed by atoms with E-state index in [9.17, 15) is 14.0 Å². The van der Waals surface area contributed by atoms with E-state index < -0.39 is 11.7 Å². The monoisotopic (exact) mass is 372 g/mol. The van der Waals surface area contributed by atoms with Gasteiger partial charge in [-0.2, -0.15) is 5.10 Å². The predicted molar refractivity (Wildman–Crippen MR) is 95.1 cm³/mol. The molecule has 0 fully saturated rings. The first kappa shape index (κ1) is 17.4. The lowest BCUT2D eigenvalue weighted by atomic mass is 10.2. The quantitative estimate of drug-likeness (QED) is 0.575. The number of halogens is 1. The Morgan fingerprint density at radius 3 is 2.92 bits per heavy atom. The van der Waals surface area contributed by atoms with Crippen LogP contribution in [-0.4, -0.2) is 32.0 Å². The molecule has 3 rings (SSSR count). The normalized spacial score (nSPS) is 10.3. The first-order valence-electron chi connectivity index (χ1n) is 7.38. The van der Waals surface area contributed by atoms with E-state index in [-0.39, 0.29) is 18.0 Å². The van der Waals surface area contributed by atoms with Gasteiger partial charge in [-0.3, -0.25) is 14.7 Å². The van der Waals surface area contributed by atoms with Crippen molar-refractivity contribution in [3.63, 3.8) is 0 Å². The van der Waals surface area contributed by atoms with Crippen molar-refractivity contribution in [3.05, 3.63) is 54.1 Å². The maximum atomic E-state index is 13.7. The molecule has 0 aliphatic carbocycles. The molecule has 2 heterocycles. The van der Waals surface area contributed by atoms with Gasteiger partial charge in [0.1, 0.15) is 12.1 Å². The van der Waals surface area contributed by atoms with Crippen LogP contribution in [0.2, 0.25) is 0 Å². The maximum absolute atomic E-state index is 13.7. The Hall–Kier alpha value is -3.40. The van der Waals surface area contributed by atoms with Crippen LogP contribution in [0.25, 0.3) is 10.8 Å². The number of benzene rings is 1. The molecule has 2 aromatic heterocycles. The summed E-state index contributed by atoms with van der Waals surface area (Å²) < 4.78 is 13.7. The maximum Gasteiger partial charge on any atom is 0.247 e. The van der Waals surface area contributed by atoms with Crippen LogP contribution in [0.4, 0.5) is 15.8 Å². The zero-order valence-electron chi connectivity index (χ0n) is 13.3. The van der Waals surface area contributed by atoms with Crippen LogP contribution >= 0.6 is 11.3 Å². The number of nitrogens with one attached hydrogen (secondary N) is 3. The molecule has 2 amide bonds. The van der Waals surface area contributed by atoms with Crippen molar-refractivity contribution in [2.24, 2.45) is 0 Å². The minimum absolute atomic E-state index is 0.0381. The Morgan fingerprint density at radius 2 is 2.19 bits per heavy atom. The third-order valence-electron chi connectivity index (χ3n) is 3.20. The van der Waals surface area contributed by atoms with E-state index in [4.69, 9.17) is 0 Å².